The predicted molar refractivity (Wildman–Crippen MR) is 86.1 cm³/mol. The van der Waals surface area contributed by atoms with Crippen molar-refractivity contribution >= 4 is 33.6 Å². The number of para-hydroxylation sites is 1. The number of nitrogens with zero attached hydrogens (tertiary/aromatic N) is 2. The molecule has 0 saturated carbocycles. The van der Waals surface area contributed by atoms with Crippen molar-refractivity contribution in [2.75, 3.05) is 12.3 Å². The molecule has 1 atom stereocenters. The van der Waals surface area contributed by atoms with E-state index < -0.39 is 0 Å². The summed E-state index contributed by atoms with van der Waals surface area (Å²) in [4.78, 5) is 13.7. The van der Waals surface area contributed by atoms with E-state index >= 15 is 0 Å². The van der Waals surface area contributed by atoms with Gasteiger partial charge in [-0.3, -0.25) is 4.79 Å². The van der Waals surface area contributed by atoms with Gasteiger partial charge in [0.1, 0.15) is 5.37 Å². The maximum absolute atomic E-state index is 11.8. The van der Waals surface area contributed by atoms with Crippen LogP contribution in [0, 0.1) is 0 Å². The summed E-state index contributed by atoms with van der Waals surface area (Å²) in [6.45, 7) is 2.79. The van der Waals surface area contributed by atoms with Crippen LogP contribution in [-0.2, 0) is 4.79 Å². The van der Waals surface area contributed by atoms with Crippen molar-refractivity contribution in [1.82, 2.24) is 9.47 Å². The zero-order valence-electron chi connectivity index (χ0n) is 11.1. The number of halogens is 1. The number of thioether (sulfide) groups is 1. The van der Waals surface area contributed by atoms with Gasteiger partial charge in [-0.2, -0.15) is 0 Å². The van der Waals surface area contributed by atoms with Gasteiger partial charge in [0.15, 0.2) is 0 Å². The van der Waals surface area contributed by atoms with E-state index in [1.54, 1.807) is 11.8 Å². The fourth-order valence-electron chi connectivity index (χ4n) is 2.44. The molecule has 5 heteroatoms. The third-order valence-corrected chi connectivity index (χ3v) is 5.37. The van der Waals surface area contributed by atoms with Crippen LogP contribution in [0.5, 0.6) is 0 Å². The number of benzene rings is 1. The molecule has 1 aromatic heterocycles. The summed E-state index contributed by atoms with van der Waals surface area (Å²) < 4.78 is 3.15. The Labute approximate surface area is 131 Å². The Hall–Kier alpha value is -1.20. The fourth-order valence-corrected chi connectivity index (χ4v) is 4.18. The Bertz CT molecular complexity index is 640. The molecule has 2 heterocycles. The van der Waals surface area contributed by atoms with Gasteiger partial charge in [0.05, 0.1) is 11.4 Å². The summed E-state index contributed by atoms with van der Waals surface area (Å²) in [5.41, 5.74) is 2.29. The highest BCUT2D eigenvalue weighted by Crippen LogP contribution is 2.38. The lowest BCUT2D eigenvalue weighted by Crippen LogP contribution is -2.27. The number of hydrogen-bond donors (Lipinski definition) is 0. The molecule has 3 nitrogen and oxygen atoms in total. The molecular weight excluding hydrogens is 336 g/mol. The number of rotatable bonds is 3. The van der Waals surface area contributed by atoms with E-state index in [0.29, 0.717) is 5.75 Å². The highest BCUT2D eigenvalue weighted by atomic mass is 79.9. The van der Waals surface area contributed by atoms with Crippen molar-refractivity contribution in [3.8, 4) is 5.69 Å². The van der Waals surface area contributed by atoms with Gasteiger partial charge >= 0.3 is 0 Å². The standard InChI is InChI=1S/C15H15BrN2OS/c1-2-18-14(19)10-20-15(18)11-7-8-17(9-11)13-6-4-3-5-12(13)16/h3-9,15H,2,10H2,1H3/t15-/m1/s1. The summed E-state index contributed by atoms with van der Waals surface area (Å²) in [6, 6.07) is 10.2. The summed E-state index contributed by atoms with van der Waals surface area (Å²) in [5, 5.41) is 0.149. The molecule has 1 aliphatic heterocycles. The Kier molecular flexibility index (Phi) is 3.89. The molecule has 1 aliphatic rings. The van der Waals surface area contributed by atoms with Gasteiger partial charge in [-0.1, -0.05) is 12.1 Å². The Morgan fingerprint density at radius 1 is 1.35 bits per heavy atom. The molecule has 0 unspecified atom stereocenters. The van der Waals surface area contributed by atoms with Crippen molar-refractivity contribution in [3.63, 3.8) is 0 Å². The number of hydrogen-bond acceptors (Lipinski definition) is 2. The lowest BCUT2D eigenvalue weighted by molar-refractivity contribution is -0.127. The van der Waals surface area contributed by atoms with Crippen LogP contribution in [0.2, 0.25) is 0 Å². The molecule has 1 fully saturated rings. The molecule has 0 aliphatic carbocycles. The highest BCUT2D eigenvalue weighted by Gasteiger charge is 2.31. The molecule has 1 aromatic carbocycles. The summed E-state index contributed by atoms with van der Waals surface area (Å²) in [5.74, 6) is 0.815. The average molecular weight is 351 g/mol. The van der Waals surface area contributed by atoms with Crippen LogP contribution in [0.15, 0.2) is 47.2 Å². The number of carbonyl (C=O) groups is 1. The molecule has 2 aromatic rings. The van der Waals surface area contributed by atoms with Gasteiger partial charge in [-0.05, 0) is 41.1 Å². The normalized spacial score (nSPS) is 18.8. The van der Waals surface area contributed by atoms with Crippen molar-refractivity contribution in [3.05, 3.63) is 52.8 Å². The molecule has 0 N–H and O–H groups in total. The molecule has 3 rings (SSSR count). The van der Waals surface area contributed by atoms with Crippen LogP contribution < -0.4 is 0 Å². The third-order valence-electron chi connectivity index (χ3n) is 3.44. The van der Waals surface area contributed by atoms with Crippen LogP contribution in [-0.4, -0.2) is 27.7 Å². The van der Waals surface area contributed by atoms with E-state index in [2.05, 4.69) is 38.8 Å². The highest BCUT2D eigenvalue weighted by molar-refractivity contribution is 9.10. The lowest BCUT2D eigenvalue weighted by Gasteiger charge is -2.21. The van der Waals surface area contributed by atoms with Gasteiger partial charge in [0.2, 0.25) is 5.91 Å². The smallest absolute Gasteiger partial charge is 0.233 e. The quantitative estimate of drug-likeness (QED) is 0.840. The van der Waals surface area contributed by atoms with E-state index in [4.69, 9.17) is 0 Å². The second-order valence-corrected chi connectivity index (χ2v) is 6.57. The summed E-state index contributed by atoms with van der Waals surface area (Å²) in [6.07, 6.45) is 4.16. The van der Waals surface area contributed by atoms with Crippen LogP contribution in [0.3, 0.4) is 0 Å². The Morgan fingerprint density at radius 2 is 2.15 bits per heavy atom. The SMILES string of the molecule is CCN1C(=O)CS[C@@H]1c1ccn(-c2ccccc2Br)c1. The van der Waals surface area contributed by atoms with Gasteiger partial charge in [0.25, 0.3) is 0 Å². The zero-order chi connectivity index (χ0) is 14.1. The average Bonchev–Trinajstić information content (AvgIpc) is 3.05. The minimum absolute atomic E-state index is 0.149. The summed E-state index contributed by atoms with van der Waals surface area (Å²) in [7, 11) is 0. The monoisotopic (exact) mass is 350 g/mol. The lowest BCUT2D eigenvalue weighted by atomic mass is 10.3. The van der Waals surface area contributed by atoms with E-state index in [0.717, 1.165) is 16.7 Å². The van der Waals surface area contributed by atoms with Crippen LogP contribution in [0.25, 0.3) is 5.69 Å². The molecule has 1 amide bonds. The molecule has 104 valence electrons. The van der Waals surface area contributed by atoms with Crippen molar-refractivity contribution in [2.45, 2.75) is 12.3 Å². The minimum Gasteiger partial charge on any atom is -0.326 e. The van der Waals surface area contributed by atoms with E-state index in [9.17, 15) is 4.79 Å². The van der Waals surface area contributed by atoms with E-state index in [1.165, 1.54) is 5.56 Å². The first-order valence-electron chi connectivity index (χ1n) is 6.54. The van der Waals surface area contributed by atoms with Crippen molar-refractivity contribution < 1.29 is 4.79 Å². The second-order valence-electron chi connectivity index (χ2n) is 4.65. The van der Waals surface area contributed by atoms with Gasteiger partial charge in [-0.15, -0.1) is 11.8 Å². The largest absolute Gasteiger partial charge is 0.326 e. The number of aromatic nitrogens is 1. The molecule has 0 radical (unpaired) electrons. The maximum atomic E-state index is 11.8. The second kappa shape index (κ2) is 5.66. The molecular formula is C15H15BrN2OS. The van der Waals surface area contributed by atoms with Gasteiger partial charge < -0.3 is 9.47 Å². The van der Waals surface area contributed by atoms with E-state index in [1.807, 2.05) is 36.2 Å². The first kappa shape index (κ1) is 13.8. The maximum Gasteiger partial charge on any atom is 0.233 e. The first-order valence-corrected chi connectivity index (χ1v) is 8.38. The molecule has 0 spiro atoms. The number of amides is 1. The fraction of sp³-hybridized carbons (Fsp3) is 0.267. The summed E-state index contributed by atoms with van der Waals surface area (Å²) >= 11 is 5.27. The first-order chi connectivity index (χ1) is 9.70. The van der Waals surface area contributed by atoms with Gasteiger partial charge in [-0.25, -0.2) is 0 Å². The zero-order valence-corrected chi connectivity index (χ0v) is 13.5. The van der Waals surface area contributed by atoms with E-state index in [-0.39, 0.29) is 11.3 Å². The van der Waals surface area contributed by atoms with Crippen LogP contribution in [0.1, 0.15) is 17.9 Å². The topological polar surface area (TPSA) is 25.2 Å². The Morgan fingerprint density at radius 3 is 2.90 bits per heavy atom. The van der Waals surface area contributed by atoms with Crippen molar-refractivity contribution in [2.24, 2.45) is 0 Å². The van der Waals surface area contributed by atoms with Crippen molar-refractivity contribution in [1.29, 1.82) is 0 Å². The van der Waals surface area contributed by atoms with Crippen LogP contribution in [0.4, 0.5) is 0 Å². The number of carbonyl (C=O) groups excluding carboxylic acids is 1. The molecule has 1 saturated heterocycles. The predicted octanol–water partition coefficient (Wildman–Crippen LogP) is 3.83. The van der Waals surface area contributed by atoms with Crippen LogP contribution >= 0.6 is 27.7 Å². The minimum atomic E-state index is 0.149. The third kappa shape index (κ3) is 2.40. The molecule has 20 heavy (non-hydrogen) atoms. The van der Waals surface area contributed by atoms with Gasteiger partial charge in [0, 0.05) is 29.0 Å². The molecule has 0 bridgehead atoms. The Balaban J connectivity index is 1.91.